The third kappa shape index (κ3) is 18.8. The van der Waals surface area contributed by atoms with Gasteiger partial charge in [-0.05, 0) is 61.1 Å². The van der Waals surface area contributed by atoms with Gasteiger partial charge < -0.3 is 54.4 Å². The zero-order chi connectivity index (χ0) is 48.3. The Morgan fingerprint density at radius 1 is 0.779 bits per heavy atom. The van der Waals surface area contributed by atoms with Crippen molar-refractivity contribution >= 4 is 54.4 Å². The molecule has 1 aromatic heterocycles. The molecule has 0 saturated carbocycles. The zero-order valence-electron chi connectivity index (χ0n) is 39.2. The Morgan fingerprint density at radius 3 is 2.07 bits per heavy atom. The number of hydrogen-bond donors (Lipinski definition) is 5. The summed E-state index contributed by atoms with van der Waals surface area (Å²) in [5.74, 6) is 0.513. The molecule has 3 aromatic rings. The second-order valence-corrected chi connectivity index (χ2v) is 20.9. The molecule has 21 heteroatoms. The molecule has 19 nitrogen and oxygen atoms in total. The Balaban J connectivity index is 0.898. The van der Waals surface area contributed by atoms with Crippen molar-refractivity contribution in [1.29, 1.82) is 0 Å². The molecule has 5 rings (SSSR count). The molecule has 5 N–H and O–H groups in total. The van der Waals surface area contributed by atoms with Crippen molar-refractivity contribution in [2.45, 2.75) is 81.9 Å². The number of urea groups is 1. The molecule has 0 aliphatic carbocycles. The van der Waals surface area contributed by atoms with Gasteiger partial charge in [0, 0.05) is 66.9 Å². The van der Waals surface area contributed by atoms with Gasteiger partial charge in [0.25, 0.3) is 5.91 Å². The Bertz CT molecular complexity index is 2000. The number of nitrogens with one attached hydrogen (secondary N) is 5. The molecule has 370 valence electrons. The van der Waals surface area contributed by atoms with Gasteiger partial charge in [0.2, 0.25) is 11.8 Å². The topological polar surface area (TPSA) is 245 Å². The first-order valence-electron chi connectivity index (χ1n) is 23.3. The van der Waals surface area contributed by atoms with E-state index in [1.165, 1.54) is 6.20 Å². The lowest BCUT2D eigenvalue weighted by Crippen LogP contribution is -2.67. The van der Waals surface area contributed by atoms with Crippen molar-refractivity contribution in [1.82, 2.24) is 31.6 Å². The van der Waals surface area contributed by atoms with E-state index in [0.717, 1.165) is 35.4 Å². The molecule has 2 fully saturated rings. The number of benzene rings is 2. The van der Waals surface area contributed by atoms with E-state index in [9.17, 15) is 19.2 Å². The lowest BCUT2D eigenvalue weighted by atomic mass is 10.0. The predicted octanol–water partition coefficient (Wildman–Crippen LogP) is 3.49. The maximum absolute atomic E-state index is 12.9. The number of pyridine rings is 1. The smallest absolute Gasteiger partial charge is 0.388 e. The number of azide groups is 1. The monoisotopic (exact) mass is 977 g/mol. The van der Waals surface area contributed by atoms with Crippen molar-refractivity contribution < 1.29 is 47.0 Å². The Morgan fingerprint density at radius 2 is 1.43 bits per heavy atom. The molecule has 5 amide bonds. The third-order valence-corrected chi connectivity index (χ3v) is 16.1. The fourth-order valence-electron chi connectivity index (χ4n) is 7.52. The Hall–Kier alpha value is -5.09. The van der Waals surface area contributed by atoms with Crippen molar-refractivity contribution in [2.24, 2.45) is 5.11 Å². The number of amides is 5. The summed E-state index contributed by atoms with van der Waals surface area (Å²) in [6, 6.07) is 23.3. The number of unbranched alkanes of at least 4 members (excludes halogenated alkanes) is 1. The van der Waals surface area contributed by atoms with Gasteiger partial charge >= 0.3 is 14.6 Å². The molecule has 0 spiro atoms. The van der Waals surface area contributed by atoms with Crippen LogP contribution in [0.4, 0.5) is 4.79 Å². The van der Waals surface area contributed by atoms with Gasteiger partial charge in [-0.25, -0.2) is 4.79 Å². The number of rotatable bonds is 34. The average Bonchev–Trinajstić information content (AvgIpc) is 3.91. The minimum absolute atomic E-state index is 0.0192. The molecule has 2 aliphatic heterocycles. The van der Waals surface area contributed by atoms with Crippen LogP contribution in [-0.2, 0) is 43.9 Å². The van der Waals surface area contributed by atoms with E-state index in [2.05, 4.69) is 41.6 Å². The SMILES string of the molecule is CC(C)(CNC(=O)CCOCCOCCOCCOCCNC(=O)CCCC[C@@H]1SC[C@@H]2NC(=O)N[C@@H]21)O[Si](OCCCNC(=O)c1ccc(CN=[N+]=[N-])nc1)(c1ccccc1)c1ccccc1. The first kappa shape index (κ1) is 53.9. The first-order chi connectivity index (χ1) is 33.1. The first-order valence-corrected chi connectivity index (χ1v) is 26.2. The number of ether oxygens (including phenoxy) is 4. The maximum atomic E-state index is 12.9. The van der Waals surface area contributed by atoms with Crippen LogP contribution < -0.4 is 37.0 Å². The Labute approximate surface area is 404 Å². The number of fused-ring (bicyclic) bond motifs is 1. The molecular formula is C47H67N9O10SSi. The van der Waals surface area contributed by atoms with Gasteiger partial charge in [-0.2, -0.15) is 11.8 Å². The van der Waals surface area contributed by atoms with Crippen LogP contribution in [0.15, 0.2) is 84.1 Å². The molecule has 3 heterocycles. The highest BCUT2D eigenvalue weighted by Crippen LogP contribution is 2.33. The highest BCUT2D eigenvalue weighted by molar-refractivity contribution is 8.00. The molecule has 0 unspecified atom stereocenters. The second kappa shape index (κ2) is 29.7. The highest BCUT2D eigenvalue weighted by atomic mass is 32.2. The van der Waals surface area contributed by atoms with Gasteiger partial charge in [-0.3, -0.25) is 19.4 Å². The van der Waals surface area contributed by atoms with Crippen molar-refractivity contribution in [2.75, 3.05) is 84.8 Å². The molecule has 2 aromatic carbocycles. The Kier molecular flexibility index (Phi) is 23.5. The largest absolute Gasteiger partial charge is 0.407 e. The predicted molar refractivity (Wildman–Crippen MR) is 261 cm³/mol. The fourth-order valence-corrected chi connectivity index (χ4v) is 12.6. The number of aromatic nitrogens is 1. The molecular weight excluding hydrogens is 911 g/mol. The molecule has 2 saturated heterocycles. The van der Waals surface area contributed by atoms with Gasteiger partial charge in [0.05, 0.1) is 82.6 Å². The van der Waals surface area contributed by atoms with Gasteiger partial charge in [0.15, 0.2) is 0 Å². The fraction of sp³-hybridized carbons (Fsp3) is 0.553. The van der Waals surface area contributed by atoms with Gasteiger partial charge in [-0.15, -0.1) is 0 Å². The van der Waals surface area contributed by atoms with Crippen molar-refractivity contribution in [3.8, 4) is 0 Å². The minimum atomic E-state index is -3.37. The number of hydrogen-bond acceptors (Lipinski definition) is 13. The summed E-state index contributed by atoms with van der Waals surface area (Å²) in [4.78, 5) is 56.3. The average molecular weight is 978 g/mol. The maximum Gasteiger partial charge on any atom is 0.407 e. The lowest BCUT2D eigenvalue weighted by molar-refractivity contribution is -0.123. The summed E-state index contributed by atoms with van der Waals surface area (Å²) in [7, 11) is -3.37. The normalized spacial score (nSPS) is 16.6. The van der Waals surface area contributed by atoms with Crippen LogP contribution in [0.1, 0.15) is 68.4 Å². The van der Waals surface area contributed by atoms with Crippen LogP contribution in [0.2, 0.25) is 0 Å². The molecule has 68 heavy (non-hydrogen) atoms. The van der Waals surface area contributed by atoms with E-state index in [0.29, 0.717) is 95.3 Å². The summed E-state index contributed by atoms with van der Waals surface area (Å²) in [5, 5.41) is 20.5. The number of carbonyl (C=O) groups excluding carboxylic acids is 4. The van der Waals surface area contributed by atoms with Crippen LogP contribution in [-0.4, -0.2) is 145 Å². The quantitative estimate of drug-likeness (QED) is 0.0144. The molecule has 2 aliphatic rings. The summed E-state index contributed by atoms with van der Waals surface area (Å²) < 4.78 is 36.2. The molecule has 0 bridgehead atoms. The molecule has 3 atom stereocenters. The number of nitrogens with zero attached hydrogens (tertiary/aromatic N) is 4. The van der Waals surface area contributed by atoms with E-state index < -0.39 is 14.2 Å². The van der Waals surface area contributed by atoms with Crippen molar-refractivity contribution in [3.05, 3.63) is 101 Å². The summed E-state index contributed by atoms with van der Waals surface area (Å²) >= 11 is 1.89. The van der Waals surface area contributed by atoms with E-state index in [-0.39, 0.29) is 62.0 Å². The standard InChI is InChI=1S/C47H67N9O10SSi/c1-47(2,66-68(38-12-5-3-6-13-38,39-14-7-4-8-15-39)65-23-11-21-50-45(59)36-18-19-37(51-32-36)33-53-56-48)35-52-43(58)20-24-61-26-28-63-30-31-64-29-27-62-25-22-49-42(57)17-10-9-16-41-44-40(34-67-41)54-46(60)55-44/h3-8,12-15,18-19,32,40-41,44H,9-11,16-17,20-31,33-35H2,1-2H3,(H,49,57)(H,50,59)(H,52,58)(H2,54,55,60)/t40-,41-,44-/m0/s1. The minimum Gasteiger partial charge on any atom is -0.388 e. The van der Waals surface area contributed by atoms with Crippen molar-refractivity contribution in [3.63, 3.8) is 0 Å². The highest BCUT2D eigenvalue weighted by Gasteiger charge is 2.47. The van der Waals surface area contributed by atoms with Crippen LogP contribution in [0.3, 0.4) is 0 Å². The van der Waals surface area contributed by atoms with E-state index in [1.54, 1.807) is 12.1 Å². The second-order valence-electron chi connectivity index (χ2n) is 16.8. The van der Waals surface area contributed by atoms with Gasteiger partial charge in [0.1, 0.15) is 0 Å². The zero-order valence-corrected chi connectivity index (χ0v) is 41.0. The van der Waals surface area contributed by atoms with E-state index >= 15 is 0 Å². The third-order valence-electron chi connectivity index (χ3n) is 11.0. The lowest BCUT2D eigenvalue weighted by Gasteiger charge is -2.39. The van der Waals surface area contributed by atoms with Gasteiger partial charge in [-0.1, -0.05) is 72.2 Å². The van der Waals surface area contributed by atoms with Crippen LogP contribution in [0, 0.1) is 0 Å². The summed E-state index contributed by atoms with van der Waals surface area (Å²) in [6.07, 6.45) is 5.37. The number of carbonyl (C=O) groups is 4. The summed E-state index contributed by atoms with van der Waals surface area (Å²) in [6.45, 7) is 8.25. The van der Waals surface area contributed by atoms with E-state index in [4.69, 9.17) is 33.3 Å². The van der Waals surface area contributed by atoms with Crippen LogP contribution >= 0.6 is 11.8 Å². The van der Waals surface area contributed by atoms with Crippen LogP contribution in [0.5, 0.6) is 0 Å². The number of thioether (sulfide) groups is 1. The van der Waals surface area contributed by atoms with E-state index in [1.807, 2.05) is 86.3 Å². The summed E-state index contributed by atoms with van der Waals surface area (Å²) in [5.41, 5.74) is 8.66. The molecule has 0 radical (unpaired) electrons. The van der Waals surface area contributed by atoms with Crippen LogP contribution in [0.25, 0.3) is 10.4 Å².